The van der Waals surface area contributed by atoms with Gasteiger partial charge in [-0.05, 0) is 67.9 Å². The van der Waals surface area contributed by atoms with Crippen molar-refractivity contribution < 1.29 is 14.3 Å². The molecule has 1 heterocycles. The zero-order valence-electron chi connectivity index (χ0n) is 17.4. The summed E-state index contributed by atoms with van der Waals surface area (Å²) in [6.45, 7) is 4.23. The number of anilines is 2. The molecule has 1 aliphatic heterocycles. The second kappa shape index (κ2) is 8.82. The highest BCUT2D eigenvalue weighted by Gasteiger charge is 2.35. The molecule has 31 heavy (non-hydrogen) atoms. The van der Waals surface area contributed by atoms with Crippen molar-refractivity contribution in [3.8, 4) is 11.5 Å². The van der Waals surface area contributed by atoms with E-state index in [0.29, 0.717) is 23.0 Å². The van der Waals surface area contributed by atoms with E-state index in [1.54, 1.807) is 35.2 Å². The van der Waals surface area contributed by atoms with Gasteiger partial charge in [0.15, 0.2) is 0 Å². The molecule has 1 fully saturated rings. The molecule has 0 aromatic heterocycles. The van der Waals surface area contributed by atoms with Crippen LogP contribution >= 0.6 is 11.6 Å². The Hall–Kier alpha value is -3.31. The zero-order valence-corrected chi connectivity index (χ0v) is 18.1. The lowest BCUT2D eigenvalue weighted by Crippen LogP contribution is -2.28. The summed E-state index contributed by atoms with van der Waals surface area (Å²) < 4.78 is 5.82. The first kappa shape index (κ1) is 20.9. The zero-order chi connectivity index (χ0) is 22.0. The van der Waals surface area contributed by atoms with E-state index < -0.39 is 5.92 Å². The van der Waals surface area contributed by atoms with Crippen LogP contribution in [0.5, 0.6) is 11.5 Å². The monoisotopic (exact) mass is 434 g/mol. The Morgan fingerprint density at radius 2 is 1.65 bits per heavy atom. The molecule has 158 valence electrons. The van der Waals surface area contributed by atoms with Crippen LogP contribution in [-0.2, 0) is 9.59 Å². The Balaban J connectivity index is 1.38. The molecule has 2 amide bonds. The molecule has 3 aromatic rings. The Bertz CT molecular complexity index is 1110. The molecule has 3 aromatic carbocycles. The smallest absolute Gasteiger partial charge is 0.229 e. The van der Waals surface area contributed by atoms with Crippen LogP contribution in [0.1, 0.15) is 17.5 Å². The third-order valence-corrected chi connectivity index (χ3v) is 5.81. The summed E-state index contributed by atoms with van der Waals surface area (Å²) in [5.41, 5.74) is 3.42. The fraction of sp³-hybridized carbons (Fsp3) is 0.200. The highest BCUT2D eigenvalue weighted by molar-refractivity contribution is 6.31. The van der Waals surface area contributed by atoms with Crippen LogP contribution in [0.4, 0.5) is 11.4 Å². The summed E-state index contributed by atoms with van der Waals surface area (Å²) >= 11 is 6.19. The van der Waals surface area contributed by atoms with E-state index in [2.05, 4.69) is 5.32 Å². The van der Waals surface area contributed by atoms with Crippen molar-refractivity contribution >= 4 is 34.8 Å². The van der Waals surface area contributed by atoms with Gasteiger partial charge in [0, 0.05) is 29.4 Å². The van der Waals surface area contributed by atoms with E-state index >= 15 is 0 Å². The Kier molecular flexibility index (Phi) is 5.96. The minimum absolute atomic E-state index is 0.0765. The maximum Gasteiger partial charge on any atom is 0.229 e. The van der Waals surface area contributed by atoms with Gasteiger partial charge >= 0.3 is 0 Å². The van der Waals surface area contributed by atoms with Crippen molar-refractivity contribution in [2.45, 2.75) is 20.3 Å². The number of halogens is 1. The van der Waals surface area contributed by atoms with Crippen LogP contribution in [-0.4, -0.2) is 18.4 Å². The van der Waals surface area contributed by atoms with Gasteiger partial charge in [0.1, 0.15) is 11.5 Å². The number of aryl methyl sites for hydroxylation is 1. The van der Waals surface area contributed by atoms with Crippen molar-refractivity contribution in [3.05, 3.63) is 82.9 Å². The average Bonchev–Trinajstić information content (AvgIpc) is 3.15. The molecule has 0 bridgehead atoms. The molecule has 0 radical (unpaired) electrons. The van der Waals surface area contributed by atoms with Crippen LogP contribution in [0, 0.1) is 19.8 Å². The second-order valence-corrected chi connectivity index (χ2v) is 8.13. The summed E-state index contributed by atoms with van der Waals surface area (Å²) in [4.78, 5) is 26.9. The number of carbonyl (C=O) groups excluding carboxylic acids is 2. The average molecular weight is 435 g/mol. The number of nitrogens with zero attached hydrogens (tertiary/aromatic N) is 1. The van der Waals surface area contributed by atoms with Gasteiger partial charge < -0.3 is 15.0 Å². The fourth-order valence-corrected chi connectivity index (χ4v) is 3.77. The Morgan fingerprint density at radius 3 is 2.32 bits per heavy atom. The number of hydrogen-bond acceptors (Lipinski definition) is 3. The quantitative estimate of drug-likeness (QED) is 0.557. The molecule has 5 nitrogen and oxygen atoms in total. The van der Waals surface area contributed by atoms with Gasteiger partial charge in [0.2, 0.25) is 11.8 Å². The second-order valence-electron chi connectivity index (χ2n) is 7.72. The lowest BCUT2D eigenvalue weighted by Gasteiger charge is -2.19. The van der Waals surface area contributed by atoms with E-state index in [1.165, 1.54) is 5.56 Å². The standard InChI is InChI=1S/C25H23ClN2O3/c1-16-6-10-20(11-7-16)31-21-12-8-19(9-13-21)27-25(30)18-14-24(29)28(15-18)23-5-3-4-22(26)17(23)2/h3-13,18H,14-15H2,1-2H3,(H,27,30)/t18-/m0/s1. The van der Waals surface area contributed by atoms with Crippen molar-refractivity contribution in [3.63, 3.8) is 0 Å². The summed E-state index contributed by atoms with van der Waals surface area (Å²) in [5.74, 6) is 0.758. The first-order valence-electron chi connectivity index (χ1n) is 10.1. The van der Waals surface area contributed by atoms with Crippen LogP contribution < -0.4 is 15.0 Å². The van der Waals surface area contributed by atoms with Crippen molar-refractivity contribution in [1.82, 2.24) is 0 Å². The van der Waals surface area contributed by atoms with Gasteiger partial charge in [-0.25, -0.2) is 0 Å². The number of nitrogens with one attached hydrogen (secondary N) is 1. The molecule has 0 unspecified atom stereocenters. The van der Waals surface area contributed by atoms with Gasteiger partial charge in [0.05, 0.1) is 5.92 Å². The predicted octanol–water partition coefficient (Wildman–Crippen LogP) is 5.74. The molecule has 0 aliphatic carbocycles. The van der Waals surface area contributed by atoms with E-state index in [4.69, 9.17) is 16.3 Å². The molecule has 6 heteroatoms. The number of hydrogen-bond donors (Lipinski definition) is 1. The lowest BCUT2D eigenvalue weighted by molar-refractivity contribution is -0.122. The fourth-order valence-electron chi connectivity index (χ4n) is 3.60. The third-order valence-electron chi connectivity index (χ3n) is 5.40. The Labute approximate surface area is 186 Å². The van der Waals surface area contributed by atoms with Gasteiger partial charge in [0.25, 0.3) is 0 Å². The number of carbonyl (C=O) groups is 2. The number of ether oxygens (including phenoxy) is 1. The molecule has 1 aliphatic rings. The minimum Gasteiger partial charge on any atom is -0.457 e. The molecule has 4 rings (SSSR count). The molecule has 1 saturated heterocycles. The first-order chi connectivity index (χ1) is 14.9. The topological polar surface area (TPSA) is 58.6 Å². The number of rotatable bonds is 5. The van der Waals surface area contributed by atoms with Crippen LogP contribution in [0.15, 0.2) is 66.7 Å². The van der Waals surface area contributed by atoms with Crippen LogP contribution in [0.2, 0.25) is 5.02 Å². The first-order valence-corrected chi connectivity index (χ1v) is 10.5. The van der Waals surface area contributed by atoms with Crippen LogP contribution in [0.25, 0.3) is 0 Å². The van der Waals surface area contributed by atoms with Crippen molar-refractivity contribution in [1.29, 1.82) is 0 Å². The molecular formula is C25H23ClN2O3. The summed E-state index contributed by atoms with van der Waals surface area (Å²) in [6.07, 6.45) is 0.173. The summed E-state index contributed by atoms with van der Waals surface area (Å²) in [5, 5.41) is 3.50. The van der Waals surface area contributed by atoms with Gasteiger partial charge in [-0.2, -0.15) is 0 Å². The maximum absolute atomic E-state index is 12.7. The number of amides is 2. The van der Waals surface area contributed by atoms with Gasteiger partial charge in [-0.3, -0.25) is 9.59 Å². The molecule has 0 saturated carbocycles. The lowest BCUT2D eigenvalue weighted by atomic mass is 10.1. The van der Waals surface area contributed by atoms with Crippen molar-refractivity contribution in [2.24, 2.45) is 5.92 Å². The van der Waals surface area contributed by atoms with Gasteiger partial charge in [-0.15, -0.1) is 0 Å². The highest BCUT2D eigenvalue weighted by atomic mass is 35.5. The predicted molar refractivity (Wildman–Crippen MR) is 123 cm³/mol. The normalized spacial score (nSPS) is 15.8. The van der Waals surface area contributed by atoms with E-state index in [-0.39, 0.29) is 18.2 Å². The van der Waals surface area contributed by atoms with E-state index in [0.717, 1.165) is 17.0 Å². The van der Waals surface area contributed by atoms with E-state index in [9.17, 15) is 9.59 Å². The SMILES string of the molecule is Cc1ccc(Oc2ccc(NC(=O)[C@H]3CC(=O)N(c4cccc(Cl)c4C)C3)cc2)cc1. The minimum atomic E-state index is -0.422. The third kappa shape index (κ3) is 4.72. The Morgan fingerprint density at radius 1 is 1.00 bits per heavy atom. The summed E-state index contributed by atoms with van der Waals surface area (Å²) in [6, 6.07) is 20.4. The molecular weight excluding hydrogens is 412 g/mol. The number of benzene rings is 3. The molecule has 1 atom stereocenters. The van der Waals surface area contributed by atoms with Gasteiger partial charge in [-0.1, -0.05) is 35.4 Å². The molecule has 0 spiro atoms. The van der Waals surface area contributed by atoms with E-state index in [1.807, 2.05) is 50.2 Å². The molecule has 1 N–H and O–H groups in total. The highest BCUT2D eigenvalue weighted by Crippen LogP contribution is 2.32. The maximum atomic E-state index is 12.7. The summed E-state index contributed by atoms with van der Waals surface area (Å²) in [7, 11) is 0. The largest absolute Gasteiger partial charge is 0.457 e. The van der Waals surface area contributed by atoms with Crippen LogP contribution in [0.3, 0.4) is 0 Å². The van der Waals surface area contributed by atoms with Crippen molar-refractivity contribution in [2.75, 3.05) is 16.8 Å².